The largest absolute Gasteiger partial charge is 0.377 e. The molecule has 0 aliphatic rings. The molecule has 1 aromatic carbocycles. The Balaban J connectivity index is 2.64. The van der Waals surface area contributed by atoms with Crippen LogP contribution >= 0.6 is 11.8 Å². The van der Waals surface area contributed by atoms with E-state index in [2.05, 4.69) is 15.6 Å². The van der Waals surface area contributed by atoms with Crippen molar-refractivity contribution in [1.29, 1.82) is 0 Å². The van der Waals surface area contributed by atoms with Gasteiger partial charge in [-0.15, -0.1) is 0 Å². The van der Waals surface area contributed by atoms with E-state index in [1.807, 2.05) is 26.2 Å². The molecule has 2 N–H and O–H groups in total. The molecule has 6 heteroatoms. The van der Waals surface area contributed by atoms with Gasteiger partial charge in [0.25, 0.3) is 0 Å². The minimum absolute atomic E-state index is 0.197. The number of rotatable bonds is 7. The van der Waals surface area contributed by atoms with E-state index in [1.54, 1.807) is 32.0 Å². The highest BCUT2D eigenvalue weighted by atomic mass is 32.2. The van der Waals surface area contributed by atoms with Gasteiger partial charge >= 0.3 is 0 Å². The molecule has 0 aliphatic carbocycles. The molecule has 22 heavy (non-hydrogen) atoms. The van der Waals surface area contributed by atoms with Gasteiger partial charge in [0.1, 0.15) is 5.82 Å². The number of hydrogen-bond donors (Lipinski definition) is 2. The highest BCUT2D eigenvalue weighted by Crippen LogP contribution is 2.16. The zero-order chi connectivity index (χ0) is 16.6. The maximum Gasteiger partial charge on any atom is 0.191 e. The molecule has 0 unspecified atom stereocenters. The van der Waals surface area contributed by atoms with E-state index in [0.717, 1.165) is 16.9 Å². The standard InChI is InChI=1S/C16H26FN3OS/c1-16(2,21-4)11-20-15(18-3)19-9-12-6-7-14(17)8-13(12)10-22-5/h6-8H,9-11H2,1-5H3,(H2,18,19,20). The molecule has 0 aliphatic heterocycles. The number of nitrogens with zero attached hydrogens (tertiary/aromatic N) is 1. The lowest BCUT2D eigenvalue weighted by Gasteiger charge is -2.24. The normalized spacial score (nSPS) is 12.4. The van der Waals surface area contributed by atoms with Crippen LogP contribution in [0.2, 0.25) is 0 Å². The molecule has 0 bridgehead atoms. The number of hydrogen-bond acceptors (Lipinski definition) is 3. The van der Waals surface area contributed by atoms with Crippen molar-refractivity contribution in [3.05, 3.63) is 35.1 Å². The third kappa shape index (κ3) is 6.23. The molecule has 0 saturated carbocycles. The van der Waals surface area contributed by atoms with Gasteiger partial charge in [-0.25, -0.2) is 4.39 Å². The van der Waals surface area contributed by atoms with E-state index >= 15 is 0 Å². The van der Waals surface area contributed by atoms with Gasteiger partial charge in [-0.3, -0.25) is 4.99 Å². The van der Waals surface area contributed by atoms with Crippen LogP contribution in [0, 0.1) is 5.82 Å². The van der Waals surface area contributed by atoms with E-state index in [-0.39, 0.29) is 11.4 Å². The minimum atomic E-state index is -0.266. The monoisotopic (exact) mass is 327 g/mol. The number of methoxy groups -OCH3 is 1. The van der Waals surface area contributed by atoms with Gasteiger partial charge in [0.2, 0.25) is 0 Å². The van der Waals surface area contributed by atoms with Crippen molar-refractivity contribution in [3.63, 3.8) is 0 Å². The van der Waals surface area contributed by atoms with Gasteiger partial charge in [0, 0.05) is 33.0 Å². The molecular weight excluding hydrogens is 301 g/mol. The van der Waals surface area contributed by atoms with Gasteiger partial charge in [0.05, 0.1) is 5.60 Å². The maximum atomic E-state index is 13.3. The van der Waals surface area contributed by atoms with Crippen LogP contribution in [0.5, 0.6) is 0 Å². The summed E-state index contributed by atoms with van der Waals surface area (Å²) >= 11 is 1.68. The Labute approximate surface area is 136 Å². The SMILES string of the molecule is CN=C(NCc1ccc(F)cc1CSC)NCC(C)(C)OC. The van der Waals surface area contributed by atoms with Crippen LogP contribution in [0.25, 0.3) is 0 Å². The molecule has 124 valence electrons. The first-order chi connectivity index (χ1) is 10.4. The van der Waals surface area contributed by atoms with Crippen LogP contribution in [-0.2, 0) is 17.0 Å². The van der Waals surface area contributed by atoms with Crippen molar-refractivity contribution in [2.45, 2.75) is 31.7 Å². The number of benzene rings is 1. The van der Waals surface area contributed by atoms with Gasteiger partial charge in [0.15, 0.2) is 5.96 Å². The van der Waals surface area contributed by atoms with E-state index < -0.39 is 0 Å². The average Bonchev–Trinajstić information content (AvgIpc) is 2.49. The molecule has 0 atom stereocenters. The number of thioether (sulfide) groups is 1. The summed E-state index contributed by atoms with van der Waals surface area (Å²) in [7, 11) is 3.41. The van der Waals surface area contributed by atoms with E-state index in [4.69, 9.17) is 4.74 Å². The molecule has 0 aromatic heterocycles. The smallest absolute Gasteiger partial charge is 0.191 e. The van der Waals surface area contributed by atoms with Crippen molar-refractivity contribution in [1.82, 2.24) is 10.6 Å². The van der Waals surface area contributed by atoms with Crippen LogP contribution in [0.15, 0.2) is 23.2 Å². The highest BCUT2D eigenvalue weighted by Gasteiger charge is 2.16. The summed E-state index contributed by atoms with van der Waals surface area (Å²) in [5, 5.41) is 6.48. The van der Waals surface area contributed by atoms with Crippen molar-refractivity contribution in [2.24, 2.45) is 4.99 Å². The quantitative estimate of drug-likeness (QED) is 0.597. The Morgan fingerprint density at radius 2 is 2.05 bits per heavy atom. The number of aliphatic imine (C=N–C) groups is 1. The predicted octanol–water partition coefficient (Wildman–Crippen LogP) is 2.78. The Bertz CT molecular complexity index is 506. The minimum Gasteiger partial charge on any atom is -0.377 e. The summed E-state index contributed by atoms with van der Waals surface area (Å²) in [6, 6.07) is 4.91. The van der Waals surface area contributed by atoms with Crippen LogP contribution in [0.1, 0.15) is 25.0 Å². The van der Waals surface area contributed by atoms with Crippen molar-refractivity contribution >= 4 is 17.7 Å². The fourth-order valence-electron chi connectivity index (χ4n) is 1.83. The number of ether oxygens (including phenoxy) is 1. The molecule has 0 fully saturated rings. The second-order valence-electron chi connectivity index (χ2n) is 5.59. The highest BCUT2D eigenvalue weighted by molar-refractivity contribution is 7.97. The first kappa shape index (κ1) is 18.8. The Kier molecular flexibility index (Phi) is 7.68. The first-order valence-corrected chi connectivity index (χ1v) is 8.57. The maximum absolute atomic E-state index is 13.3. The molecule has 1 rings (SSSR count). The molecule has 4 nitrogen and oxygen atoms in total. The van der Waals surface area contributed by atoms with Gasteiger partial charge < -0.3 is 15.4 Å². The summed E-state index contributed by atoms with van der Waals surface area (Å²) in [5.74, 6) is 1.29. The topological polar surface area (TPSA) is 45.7 Å². The molecule has 0 saturated heterocycles. The lowest BCUT2D eigenvalue weighted by atomic mass is 10.1. The summed E-state index contributed by atoms with van der Waals surface area (Å²) in [6.45, 7) is 5.25. The van der Waals surface area contributed by atoms with E-state index in [0.29, 0.717) is 19.0 Å². The fraction of sp³-hybridized carbons (Fsp3) is 0.562. The van der Waals surface area contributed by atoms with E-state index in [9.17, 15) is 4.39 Å². The lowest BCUT2D eigenvalue weighted by Crippen LogP contribution is -2.45. The zero-order valence-corrected chi connectivity index (χ0v) is 14.8. The van der Waals surface area contributed by atoms with Crippen LogP contribution in [0.4, 0.5) is 4.39 Å². The third-order valence-corrected chi connectivity index (χ3v) is 3.97. The molecule has 0 heterocycles. The average molecular weight is 327 g/mol. The molecular formula is C16H26FN3OS. The third-order valence-electron chi connectivity index (χ3n) is 3.37. The predicted molar refractivity (Wildman–Crippen MR) is 92.9 cm³/mol. The van der Waals surface area contributed by atoms with Crippen LogP contribution < -0.4 is 10.6 Å². The van der Waals surface area contributed by atoms with Gasteiger partial charge in [-0.1, -0.05) is 6.07 Å². The molecule has 0 radical (unpaired) electrons. The molecule has 1 aromatic rings. The fourth-order valence-corrected chi connectivity index (χ4v) is 2.40. The molecule has 0 amide bonds. The zero-order valence-electron chi connectivity index (χ0n) is 14.0. The second kappa shape index (κ2) is 9.00. The second-order valence-corrected chi connectivity index (χ2v) is 6.46. The van der Waals surface area contributed by atoms with Gasteiger partial charge in [-0.05, 0) is 43.4 Å². The first-order valence-electron chi connectivity index (χ1n) is 7.17. The summed E-state index contributed by atoms with van der Waals surface area (Å²) in [4.78, 5) is 4.19. The summed E-state index contributed by atoms with van der Waals surface area (Å²) < 4.78 is 18.7. The number of halogens is 1. The Hall–Kier alpha value is -1.27. The number of nitrogens with one attached hydrogen (secondary N) is 2. The van der Waals surface area contributed by atoms with Crippen molar-refractivity contribution in [2.75, 3.05) is 27.0 Å². The van der Waals surface area contributed by atoms with Crippen molar-refractivity contribution < 1.29 is 9.13 Å². The van der Waals surface area contributed by atoms with Crippen LogP contribution in [-0.4, -0.2) is 38.5 Å². The van der Waals surface area contributed by atoms with Gasteiger partial charge in [-0.2, -0.15) is 11.8 Å². The summed E-state index contributed by atoms with van der Waals surface area (Å²) in [6.07, 6.45) is 2.01. The van der Waals surface area contributed by atoms with Crippen molar-refractivity contribution in [3.8, 4) is 0 Å². The molecule has 0 spiro atoms. The Morgan fingerprint density at radius 3 is 2.64 bits per heavy atom. The van der Waals surface area contributed by atoms with E-state index in [1.165, 1.54) is 6.07 Å². The Morgan fingerprint density at radius 1 is 1.32 bits per heavy atom. The number of guanidine groups is 1. The lowest BCUT2D eigenvalue weighted by molar-refractivity contribution is 0.0268. The van der Waals surface area contributed by atoms with Crippen LogP contribution in [0.3, 0.4) is 0 Å². The summed E-state index contributed by atoms with van der Waals surface area (Å²) in [5.41, 5.74) is 1.81.